The van der Waals surface area contributed by atoms with Gasteiger partial charge in [-0.1, -0.05) is 18.2 Å². The van der Waals surface area contributed by atoms with Crippen LogP contribution >= 0.6 is 12.4 Å². The Hall–Kier alpha value is -1.26. The molecule has 0 aromatic heterocycles. The predicted molar refractivity (Wildman–Crippen MR) is 80.6 cm³/mol. The van der Waals surface area contributed by atoms with E-state index in [0.717, 1.165) is 38.1 Å². The molecule has 112 valence electrons. The van der Waals surface area contributed by atoms with Gasteiger partial charge in [-0.25, -0.2) is 0 Å². The van der Waals surface area contributed by atoms with Crippen molar-refractivity contribution in [3.63, 3.8) is 0 Å². The first-order valence-electron chi connectivity index (χ1n) is 6.89. The first kappa shape index (κ1) is 16.8. The smallest absolute Gasteiger partial charge is 0.307 e. The molecule has 5 heteroatoms. The van der Waals surface area contributed by atoms with Gasteiger partial charge in [0.05, 0.1) is 12.5 Å². The molecule has 1 aliphatic heterocycles. The summed E-state index contributed by atoms with van der Waals surface area (Å²) in [5.41, 5.74) is 0. The molecule has 0 spiro atoms. The number of aliphatic carboxylic acids is 1. The highest BCUT2D eigenvalue weighted by Crippen LogP contribution is 2.16. The van der Waals surface area contributed by atoms with E-state index < -0.39 is 5.97 Å². The summed E-state index contributed by atoms with van der Waals surface area (Å²) in [6, 6.07) is 9.77. The number of piperidine rings is 1. The van der Waals surface area contributed by atoms with Crippen molar-refractivity contribution in [2.75, 3.05) is 26.2 Å². The topological polar surface area (TPSA) is 49.8 Å². The third-order valence-electron chi connectivity index (χ3n) is 3.49. The first-order chi connectivity index (χ1) is 9.25. The maximum absolute atomic E-state index is 11.0. The van der Waals surface area contributed by atoms with Crippen molar-refractivity contribution in [2.24, 2.45) is 5.92 Å². The minimum absolute atomic E-state index is 0. The Bertz CT molecular complexity index is 399. The Morgan fingerprint density at radius 2 is 2.10 bits per heavy atom. The van der Waals surface area contributed by atoms with Crippen LogP contribution in [0.5, 0.6) is 5.75 Å². The zero-order valence-corrected chi connectivity index (χ0v) is 12.3. The van der Waals surface area contributed by atoms with Crippen LogP contribution in [-0.4, -0.2) is 42.2 Å². The number of carboxylic acid groups (broad SMARTS) is 1. The monoisotopic (exact) mass is 299 g/mol. The summed E-state index contributed by atoms with van der Waals surface area (Å²) in [5.74, 6) is 0.0404. The van der Waals surface area contributed by atoms with Gasteiger partial charge in [0.25, 0.3) is 0 Å². The number of nitrogens with zero attached hydrogens (tertiary/aromatic N) is 1. The van der Waals surface area contributed by atoms with Crippen molar-refractivity contribution < 1.29 is 14.6 Å². The van der Waals surface area contributed by atoms with Gasteiger partial charge in [-0.2, -0.15) is 0 Å². The van der Waals surface area contributed by atoms with Crippen LogP contribution in [-0.2, 0) is 4.79 Å². The molecule has 1 heterocycles. The van der Waals surface area contributed by atoms with Gasteiger partial charge in [-0.15, -0.1) is 12.4 Å². The number of halogens is 1. The molecule has 1 saturated heterocycles. The molecule has 0 bridgehead atoms. The fraction of sp³-hybridized carbons (Fsp3) is 0.533. The maximum atomic E-state index is 11.0. The molecule has 1 aromatic rings. The molecule has 1 N–H and O–H groups in total. The highest BCUT2D eigenvalue weighted by molar-refractivity contribution is 5.85. The Morgan fingerprint density at radius 1 is 1.35 bits per heavy atom. The van der Waals surface area contributed by atoms with Crippen molar-refractivity contribution >= 4 is 18.4 Å². The van der Waals surface area contributed by atoms with Crippen LogP contribution in [0.4, 0.5) is 0 Å². The fourth-order valence-corrected chi connectivity index (χ4v) is 2.46. The van der Waals surface area contributed by atoms with Crippen molar-refractivity contribution in [3.8, 4) is 5.75 Å². The number of hydrogen-bond acceptors (Lipinski definition) is 3. The summed E-state index contributed by atoms with van der Waals surface area (Å²) in [6.45, 7) is 3.28. The molecule has 0 aliphatic carbocycles. The van der Waals surface area contributed by atoms with E-state index in [1.165, 1.54) is 0 Å². The van der Waals surface area contributed by atoms with E-state index >= 15 is 0 Å². The van der Waals surface area contributed by atoms with Crippen LogP contribution in [0.3, 0.4) is 0 Å². The normalized spacial score (nSPS) is 19.1. The molecular weight excluding hydrogens is 278 g/mol. The van der Waals surface area contributed by atoms with Crippen molar-refractivity contribution in [1.82, 2.24) is 4.90 Å². The first-order valence-corrected chi connectivity index (χ1v) is 6.89. The van der Waals surface area contributed by atoms with E-state index in [0.29, 0.717) is 13.2 Å². The second kappa shape index (κ2) is 8.82. The number of para-hydroxylation sites is 1. The third-order valence-corrected chi connectivity index (χ3v) is 3.49. The molecular formula is C15H22ClNO3. The molecule has 1 aromatic carbocycles. The summed E-state index contributed by atoms with van der Waals surface area (Å²) in [5, 5.41) is 9.02. The number of hydrogen-bond donors (Lipinski definition) is 1. The lowest BCUT2D eigenvalue weighted by Gasteiger charge is -2.30. The molecule has 0 radical (unpaired) electrons. The van der Waals surface area contributed by atoms with Crippen LogP contribution in [0.1, 0.15) is 19.3 Å². The quantitative estimate of drug-likeness (QED) is 0.821. The molecule has 1 aliphatic rings. The Morgan fingerprint density at radius 3 is 2.80 bits per heavy atom. The number of carboxylic acids is 1. The van der Waals surface area contributed by atoms with Crippen molar-refractivity contribution in [3.05, 3.63) is 30.3 Å². The molecule has 0 saturated carbocycles. The summed E-state index contributed by atoms with van der Waals surface area (Å²) in [7, 11) is 0. The minimum atomic E-state index is -0.662. The largest absolute Gasteiger partial charge is 0.494 e. The second-order valence-corrected chi connectivity index (χ2v) is 4.99. The van der Waals surface area contributed by atoms with E-state index in [9.17, 15) is 4.79 Å². The van der Waals surface area contributed by atoms with E-state index in [1.54, 1.807) is 0 Å². The van der Waals surface area contributed by atoms with Gasteiger partial charge in [0.2, 0.25) is 0 Å². The zero-order chi connectivity index (χ0) is 13.5. The number of carbonyl (C=O) groups is 1. The van der Waals surface area contributed by atoms with Gasteiger partial charge in [0.1, 0.15) is 5.75 Å². The molecule has 4 nitrogen and oxygen atoms in total. The van der Waals surface area contributed by atoms with Gasteiger partial charge in [0.15, 0.2) is 0 Å². The number of likely N-dealkylation sites (tertiary alicyclic amines) is 1. The summed E-state index contributed by atoms with van der Waals surface area (Å²) in [6.07, 6.45) is 2.73. The lowest BCUT2D eigenvalue weighted by atomic mass is 9.98. The minimum Gasteiger partial charge on any atom is -0.494 e. The van der Waals surface area contributed by atoms with Crippen LogP contribution in [0, 0.1) is 5.92 Å². The molecule has 2 rings (SSSR count). The second-order valence-electron chi connectivity index (χ2n) is 4.99. The highest BCUT2D eigenvalue weighted by Gasteiger charge is 2.24. The molecule has 1 fully saturated rings. The highest BCUT2D eigenvalue weighted by atomic mass is 35.5. The molecule has 1 unspecified atom stereocenters. The predicted octanol–water partition coefficient (Wildman–Crippen LogP) is 2.67. The standard InChI is InChI=1S/C15H21NO3.ClH/c17-15(18)13-6-4-9-16(12-13)10-5-11-19-14-7-2-1-3-8-14;/h1-3,7-8,13H,4-6,9-12H2,(H,17,18);1H. The van der Waals surface area contributed by atoms with Crippen molar-refractivity contribution in [1.29, 1.82) is 0 Å². The van der Waals surface area contributed by atoms with Crippen LogP contribution in [0.25, 0.3) is 0 Å². The lowest BCUT2D eigenvalue weighted by Crippen LogP contribution is -2.39. The third kappa shape index (κ3) is 5.39. The van der Waals surface area contributed by atoms with Crippen LogP contribution in [0.2, 0.25) is 0 Å². The van der Waals surface area contributed by atoms with E-state index in [4.69, 9.17) is 9.84 Å². The van der Waals surface area contributed by atoms with E-state index in [2.05, 4.69) is 4.90 Å². The Balaban J connectivity index is 0.00000200. The number of ether oxygens (including phenoxy) is 1. The lowest BCUT2D eigenvalue weighted by molar-refractivity contribution is -0.143. The number of rotatable bonds is 6. The molecule has 1 atom stereocenters. The van der Waals surface area contributed by atoms with Gasteiger partial charge in [-0.05, 0) is 37.9 Å². The van der Waals surface area contributed by atoms with Gasteiger partial charge < -0.3 is 14.7 Å². The van der Waals surface area contributed by atoms with Gasteiger partial charge in [0, 0.05) is 13.1 Å². The van der Waals surface area contributed by atoms with Crippen LogP contribution in [0.15, 0.2) is 30.3 Å². The summed E-state index contributed by atoms with van der Waals surface area (Å²) >= 11 is 0. The Kier molecular flexibility index (Phi) is 7.41. The average molecular weight is 300 g/mol. The summed E-state index contributed by atoms with van der Waals surface area (Å²) < 4.78 is 5.63. The summed E-state index contributed by atoms with van der Waals surface area (Å²) in [4.78, 5) is 13.2. The van der Waals surface area contributed by atoms with Gasteiger partial charge >= 0.3 is 5.97 Å². The van der Waals surface area contributed by atoms with Crippen molar-refractivity contribution in [2.45, 2.75) is 19.3 Å². The number of benzene rings is 1. The van der Waals surface area contributed by atoms with E-state index in [-0.39, 0.29) is 18.3 Å². The average Bonchev–Trinajstić information content (AvgIpc) is 2.45. The Labute approximate surface area is 126 Å². The van der Waals surface area contributed by atoms with Crippen LogP contribution < -0.4 is 4.74 Å². The fourth-order valence-electron chi connectivity index (χ4n) is 2.46. The van der Waals surface area contributed by atoms with E-state index in [1.807, 2.05) is 30.3 Å². The zero-order valence-electron chi connectivity index (χ0n) is 11.5. The SMILES string of the molecule is Cl.O=C(O)C1CCCN(CCCOc2ccccc2)C1. The maximum Gasteiger partial charge on any atom is 0.307 e. The molecule has 20 heavy (non-hydrogen) atoms. The molecule has 0 amide bonds. The van der Waals surface area contributed by atoms with Gasteiger partial charge in [-0.3, -0.25) is 4.79 Å².